The van der Waals surface area contributed by atoms with Crippen molar-refractivity contribution in [1.82, 2.24) is 0 Å². The third-order valence-corrected chi connectivity index (χ3v) is 4.90. The molecule has 0 spiro atoms. The van der Waals surface area contributed by atoms with Gasteiger partial charge in [-0.25, -0.2) is 4.79 Å². The van der Waals surface area contributed by atoms with E-state index in [1.807, 2.05) is 20.8 Å². The minimum absolute atomic E-state index is 0.0286. The van der Waals surface area contributed by atoms with E-state index in [9.17, 15) is 9.59 Å². The topological polar surface area (TPSA) is 55.4 Å². The molecule has 0 radical (unpaired) electrons. The van der Waals surface area contributed by atoms with Crippen LogP contribution < -0.4 is 5.32 Å². The lowest BCUT2D eigenvalue weighted by atomic mass is 9.95. The van der Waals surface area contributed by atoms with E-state index < -0.39 is 0 Å². The first-order valence-electron chi connectivity index (χ1n) is 7.83. The van der Waals surface area contributed by atoms with Crippen molar-refractivity contribution in [2.24, 2.45) is 5.92 Å². The number of hydrogen-bond donors (Lipinski definition) is 1. The molecule has 4 nitrogen and oxygen atoms in total. The van der Waals surface area contributed by atoms with Crippen molar-refractivity contribution in [3.8, 4) is 0 Å². The fraction of sp³-hybridized carbons (Fsp3) is 0.529. The molecule has 1 N–H and O–H groups in total. The van der Waals surface area contributed by atoms with Crippen molar-refractivity contribution < 1.29 is 14.3 Å². The van der Waals surface area contributed by atoms with Crippen molar-refractivity contribution >= 4 is 28.1 Å². The second-order valence-electron chi connectivity index (χ2n) is 5.67. The summed E-state index contributed by atoms with van der Waals surface area (Å²) in [5.41, 5.74) is 1.78. The summed E-state index contributed by atoms with van der Waals surface area (Å²) in [4.78, 5) is 25.2. The summed E-state index contributed by atoms with van der Waals surface area (Å²) in [6.45, 7) is 5.90. The van der Waals surface area contributed by atoms with Crippen molar-refractivity contribution in [3.63, 3.8) is 0 Å². The standard InChI is InChI=1S/C17H23NO3S/c1-4-21-17(20)15-12-7-5-6-8-14(12)22-16(15)18-10-9-13(19)11(2)3/h9-11,18H,4-8H2,1-3H3. The predicted octanol–water partition coefficient (Wildman–Crippen LogP) is 3.95. The van der Waals surface area contributed by atoms with E-state index >= 15 is 0 Å². The molecule has 1 aromatic heterocycles. The van der Waals surface area contributed by atoms with Gasteiger partial charge in [0.15, 0.2) is 5.78 Å². The number of allylic oxidation sites excluding steroid dienone is 1. The molecular formula is C17H23NO3S. The van der Waals surface area contributed by atoms with Crippen LogP contribution in [0.5, 0.6) is 0 Å². The Hall–Kier alpha value is -1.62. The van der Waals surface area contributed by atoms with Crippen LogP contribution in [0.15, 0.2) is 12.3 Å². The van der Waals surface area contributed by atoms with Crippen LogP contribution >= 0.6 is 11.3 Å². The van der Waals surface area contributed by atoms with Crippen LogP contribution in [0.2, 0.25) is 0 Å². The Bertz CT molecular complexity index is 587. The molecular weight excluding hydrogens is 298 g/mol. The maximum Gasteiger partial charge on any atom is 0.341 e. The zero-order valence-corrected chi connectivity index (χ0v) is 14.2. The number of thiophene rings is 1. The Morgan fingerprint density at radius 3 is 2.73 bits per heavy atom. The lowest BCUT2D eigenvalue weighted by molar-refractivity contribution is -0.117. The molecule has 2 rings (SSSR count). The number of rotatable bonds is 6. The van der Waals surface area contributed by atoms with Crippen LogP contribution in [0.1, 0.15) is 54.4 Å². The molecule has 0 bridgehead atoms. The molecule has 0 unspecified atom stereocenters. The molecule has 22 heavy (non-hydrogen) atoms. The van der Waals surface area contributed by atoms with Gasteiger partial charge in [0.1, 0.15) is 5.00 Å². The van der Waals surface area contributed by atoms with Crippen LogP contribution in [-0.4, -0.2) is 18.4 Å². The number of aryl methyl sites for hydroxylation is 1. The molecule has 0 saturated heterocycles. The van der Waals surface area contributed by atoms with E-state index in [0.29, 0.717) is 12.2 Å². The highest BCUT2D eigenvalue weighted by Crippen LogP contribution is 2.38. The molecule has 0 saturated carbocycles. The van der Waals surface area contributed by atoms with E-state index in [4.69, 9.17) is 4.74 Å². The maximum atomic E-state index is 12.3. The number of hydrogen-bond acceptors (Lipinski definition) is 5. The smallest absolute Gasteiger partial charge is 0.341 e. The molecule has 120 valence electrons. The largest absolute Gasteiger partial charge is 0.462 e. The lowest BCUT2D eigenvalue weighted by Gasteiger charge is -2.12. The Labute approximate surface area is 135 Å². The van der Waals surface area contributed by atoms with E-state index in [1.165, 1.54) is 11.0 Å². The molecule has 0 amide bonds. The van der Waals surface area contributed by atoms with E-state index in [0.717, 1.165) is 36.2 Å². The van der Waals surface area contributed by atoms with Gasteiger partial charge in [-0.1, -0.05) is 13.8 Å². The molecule has 0 atom stereocenters. The van der Waals surface area contributed by atoms with Gasteiger partial charge in [0.05, 0.1) is 12.2 Å². The van der Waals surface area contributed by atoms with E-state index in [2.05, 4.69) is 5.32 Å². The number of anilines is 1. The van der Waals surface area contributed by atoms with Gasteiger partial charge in [0.25, 0.3) is 0 Å². The fourth-order valence-electron chi connectivity index (χ4n) is 2.48. The lowest BCUT2D eigenvalue weighted by Crippen LogP contribution is -2.11. The fourth-order valence-corrected chi connectivity index (χ4v) is 3.73. The highest BCUT2D eigenvalue weighted by Gasteiger charge is 2.25. The van der Waals surface area contributed by atoms with Gasteiger partial charge in [-0.3, -0.25) is 4.79 Å². The Kier molecular flexibility index (Phi) is 5.77. The van der Waals surface area contributed by atoms with Gasteiger partial charge >= 0.3 is 5.97 Å². The highest BCUT2D eigenvalue weighted by molar-refractivity contribution is 7.16. The van der Waals surface area contributed by atoms with Gasteiger partial charge in [0.2, 0.25) is 0 Å². The van der Waals surface area contributed by atoms with E-state index in [1.54, 1.807) is 17.5 Å². The van der Waals surface area contributed by atoms with Crippen molar-refractivity contribution in [1.29, 1.82) is 0 Å². The summed E-state index contributed by atoms with van der Waals surface area (Å²) in [7, 11) is 0. The highest BCUT2D eigenvalue weighted by atomic mass is 32.1. The molecule has 5 heteroatoms. The number of ether oxygens (including phenoxy) is 1. The van der Waals surface area contributed by atoms with Gasteiger partial charge in [-0.05, 0) is 44.2 Å². The van der Waals surface area contributed by atoms with Gasteiger partial charge in [-0.2, -0.15) is 0 Å². The molecule has 1 aromatic rings. The monoisotopic (exact) mass is 321 g/mol. The number of esters is 1. The van der Waals surface area contributed by atoms with Gasteiger partial charge < -0.3 is 10.1 Å². The van der Waals surface area contributed by atoms with Gasteiger partial charge in [-0.15, -0.1) is 11.3 Å². The second kappa shape index (κ2) is 7.58. The molecule has 0 fully saturated rings. The summed E-state index contributed by atoms with van der Waals surface area (Å²) >= 11 is 1.60. The quantitative estimate of drug-likeness (QED) is 0.636. The van der Waals surface area contributed by atoms with E-state index in [-0.39, 0.29) is 17.7 Å². The third-order valence-electron chi connectivity index (χ3n) is 3.68. The first-order valence-corrected chi connectivity index (χ1v) is 8.64. The number of fused-ring (bicyclic) bond motifs is 1. The number of carbonyl (C=O) groups is 2. The third kappa shape index (κ3) is 3.77. The van der Waals surface area contributed by atoms with Crippen molar-refractivity contribution in [2.75, 3.05) is 11.9 Å². The number of ketones is 1. The normalized spacial score (nSPS) is 14.2. The Morgan fingerprint density at radius 2 is 2.05 bits per heavy atom. The number of nitrogens with one attached hydrogen (secondary N) is 1. The van der Waals surface area contributed by atoms with Crippen LogP contribution in [-0.2, 0) is 22.4 Å². The SMILES string of the molecule is CCOC(=O)c1c(NC=CC(=O)C(C)C)sc2c1CCCC2. The van der Waals surface area contributed by atoms with Crippen molar-refractivity contribution in [2.45, 2.75) is 46.5 Å². The zero-order chi connectivity index (χ0) is 16.1. The Balaban J connectivity index is 2.24. The summed E-state index contributed by atoms with van der Waals surface area (Å²) in [5, 5.41) is 3.90. The molecule has 0 aliphatic heterocycles. The molecule has 1 aliphatic rings. The summed E-state index contributed by atoms with van der Waals surface area (Å²) in [5.74, 6) is -0.237. The second-order valence-corrected chi connectivity index (χ2v) is 6.78. The van der Waals surface area contributed by atoms with Crippen LogP contribution in [0.25, 0.3) is 0 Å². The summed E-state index contributed by atoms with van der Waals surface area (Å²) in [6, 6.07) is 0. The zero-order valence-electron chi connectivity index (χ0n) is 13.4. The summed E-state index contributed by atoms with van der Waals surface area (Å²) in [6.07, 6.45) is 7.37. The molecule has 1 heterocycles. The Morgan fingerprint density at radius 1 is 1.32 bits per heavy atom. The summed E-state index contributed by atoms with van der Waals surface area (Å²) < 4.78 is 5.20. The van der Waals surface area contributed by atoms with Gasteiger partial charge in [0, 0.05) is 17.0 Å². The average Bonchev–Trinajstić information content (AvgIpc) is 2.85. The molecule has 1 aliphatic carbocycles. The maximum absolute atomic E-state index is 12.3. The van der Waals surface area contributed by atoms with Crippen LogP contribution in [0.4, 0.5) is 5.00 Å². The van der Waals surface area contributed by atoms with Crippen LogP contribution in [0, 0.1) is 5.92 Å². The average molecular weight is 321 g/mol. The first-order chi connectivity index (χ1) is 10.5. The first kappa shape index (κ1) is 16.7. The molecule has 0 aromatic carbocycles. The van der Waals surface area contributed by atoms with Crippen LogP contribution in [0.3, 0.4) is 0 Å². The minimum Gasteiger partial charge on any atom is -0.462 e. The minimum atomic E-state index is -0.270. The number of carbonyl (C=O) groups excluding carboxylic acids is 2. The van der Waals surface area contributed by atoms with Crippen molar-refractivity contribution in [3.05, 3.63) is 28.3 Å². The predicted molar refractivity (Wildman–Crippen MR) is 89.5 cm³/mol.